The molecule has 1 heterocycles. The first kappa shape index (κ1) is 16.6. The molecule has 0 radical (unpaired) electrons. The predicted octanol–water partition coefficient (Wildman–Crippen LogP) is 2.47. The number of ether oxygens (including phenoxy) is 2. The molecule has 1 fully saturated rings. The van der Waals surface area contributed by atoms with Crippen LogP contribution in [0.5, 0.6) is 0 Å². The Kier molecular flexibility index (Phi) is 5.88. The molecule has 3 unspecified atom stereocenters. The number of benzene rings is 1. The van der Waals surface area contributed by atoms with E-state index >= 15 is 0 Å². The lowest BCUT2D eigenvalue weighted by atomic mass is 10.0. The molecule has 3 atom stereocenters. The molecule has 21 heavy (non-hydrogen) atoms. The highest BCUT2D eigenvalue weighted by Crippen LogP contribution is 2.32. The zero-order chi connectivity index (χ0) is 15.4. The number of hydrogen-bond acceptors (Lipinski definition) is 4. The van der Waals surface area contributed by atoms with Crippen molar-refractivity contribution in [3.63, 3.8) is 0 Å². The van der Waals surface area contributed by atoms with Crippen LogP contribution in [0.4, 0.5) is 5.69 Å². The van der Waals surface area contributed by atoms with E-state index in [4.69, 9.17) is 26.8 Å². The van der Waals surface area contributed by atoms with Crippen LogP contribution in [0.2, 0.25) is 5.02 Å². The van der Waals surface area contributed by atoms with Crippen molar-refractivity contribution in [2.75, 3.05) is 32.2 Å². The van der Waals surface area contributed by atoms with Gasteiger partial charge in [-0.05, 0) is 30.5 Å². The first-order valence-corrected chi connectivity index (χ1v) is 7.82. The Bertz CT molecular complexity index is 458. The summed E-state index contributed by atoms with van der Waals surface area (Å²) in [6, 6.07) is 6.15. The molecule has 0 spiro atoms. The highest BCUT2D eigenvalue weighted by Gasteiger charge is 2.34. The molecular formula is C16H25ClN2O2. The molecule has 4 nitrogen and oxygen atoms in total. The van der Waals surface area contributed by atoms with E-state index in [1.165, 1.54) is 0 Å². The average Bonchev–Trinajstić information content (AvgIpc) is 2.92. The van der Waals surface area contributed by atoms with Crippen molar-refractivity contribution in [1.82, 2.24) is 0 Å². The second-order valence-electron chi connectivity index (χ2n) is 5.56. The normalized spacial score (nSPS) is 23.6. The van der Waals surface area contributed by atoms with Crippen LogP contribution in [-0.4, -0.2) is 45.6 Å². The highest BCUT2D eigenvalue weighted by molar-refractivity contribution is 6.31. The molecular weight excluding hydrogens is 288 g/mol. The molecule has 2 rings (SSSR count). The minimum atomic E-state index is 0.0849. The fourth-order valence-corrected chi connectivity index (χ4v) is 3.09. The van der Waals surface area contributed by atoms with Crippen LogP contribution >= 0.6 is 11.6 Å². The summed E-state index contributed by atoms with van der Waals surface area (Å²) in [6.45, 7) is 3.71. The Morgan fingerprint density at radius 3 is 2.43 bits per heavy atom. The number of anilines is 1. The van der Waals surface area contributed by atoms with Crippen LogP contribution in [0.15, 0.2) is 18.2 Å². The fourth-order valence-electron chi connectivity index (χ4n) is 2.85. The zero-order valence-electron chi connectivity index (χ0n) is 13.0. The Morgan fingerprint density at radius 1 is 1.29 bits per heavy atom. The summed E-state index contributed by atoms with van der Waals surface area (Å²) in [4.78, 5) is 2.28. The van der Waals surface area contributed by atoms with E-state index in [1.54, 1.807) is 14.2 Å². The van der Waals surface area contributed by atoms with Gasteiger partial charge in [-0.15, -0.1) is 0 Å². The number of rotatable bonds is 6. The number of nitrogens with zero attached hydrogens (tertiary/aromatic N) is 1. The maximum Gasteiger partial charge on any atom is 0.102 e. The number of hydrogen-bond donors (Lipinski definition) is 1. The van der Waals surface area contributed by atoms with E-state index in [1.807, 2.05) is 12.1 Å². The van der Waals surface area contributed by atoms with Gasteiger partial charge in [0.2, 0.25) is 0 Å². The Labute approximate surface area is 132 Å². The minimum absolute atomic E-state index is 0.0849. The monoisotopic (exact) mass is 312 g/mol. The van der Waals surface area contributed by atoms with Gasteiger partial charge in [0.1, 0.15) is 12.2 Å². The van der Waals surface area contributed by atoms with E-state index in [0.717, 1.165) is 42.2 Å². The van der Waals surface area contributed by atoms with Crippen molar-refractivity contribution in [2.45, 2.75) is 38.0 Å². The molecule has 1 aromatic carbocycles. The maximum absolute atomic E-state index is 6.40. The molecule has 2 N–H and O–H groups in total. The summed E-state index contributed by atoms with van der Waals surface area (Å²) >= 11 is 6.40. The summed E-state index contributed by atoms with van der Waals surface area (Å²) in [5.41, 5.74) is 8.39. The van der Waals surface area contributed by atoms with Gasteiger partial charge in [0.25, 0.3) is 0 Å². The first-order valence-electron chi connectivity index (χ1n) is 7.44. The number of halogens is 1. The van der Waals surface area contributed by atoms with Crippen LogP contribution in [0.25, 0.3) is 0 Å². The largest absolute Gasteiger partial charge is 0.377 e. The van der Waals surface area contributed by atoms with E-state index in [2.05, 4.69) is 17.9 Å². The third-order valence-corrected chi connectivity index (χ3v) is 4.60. The SMILES string of the molecule is CCC(N)Cc1c(Cl)cccc1N1CC(OC)C(OC)C1. The molecule has 1 saturated heterocycles. The topological polar surface area (TPSA) is 47.7 Å². The molecule has 118 valence electrons. The summed E-state index contributed by atoms with van der Waals surface area (Å²) in [6.07, 6.45) is 1.90. The summed E-state index contributed by atoms with van der Waals surface area (Å²) < 4.78 is 11.0. The number of methoxy groups -OCH3 is 2. The van der Waals surface area contributed by atoms with Crippen LogP contribution in [0.3, 0.4) is 0 Å². The predicted molar refractivity (Wildman–Crippen MR) is 87.2 cm³/mol. The lowest BCUT2D eigenvalue weighted by Gasteiger charge is -2.24. The third kappa shape index (κ3) is 3.69. The van der Waals surface area contributed by atoms with Gasteiger partial charge >= 0.3 is 0 Å². The van der Waals surface area contributed by atoms with Crippen molar-refractivity contribution >= 4 is 17.3 Å². The lowest BCUT2D eigenvalue weighted by molar-refractivity contribution is -0.00461. The van der Waals surface area contributed by atoms with Gasteiger partial charge in [0.05, 0.1) is 0 Å². The van der Waals surface area contributed by atoms with Crippen molar-refractivity contribution in [2.24, 2.45) is 5.73 Å². The van der Waals surface area contributed by atoms with Crippen molar-refractivity contribution in [3.05, 3.63) is 28.8 Å². The van der Waals surface area contributed by atoms with Crippen LogP contribution in [0, 0.1) is 0 Å². The molecule has 0 saturated carbocycles. The van der Waals surface area contributed by atoms with Crippen molar-refractivity contribution in [1.29, 1.82) is 0 Å². The second kappa shape index (κ2) is 7.45. The molecule has 0 aliphatic carbocycles. The summed E-state index contributed by atoms with van der Waals surface area (Å²) in [5, 5.41) is 0.784. The third-order valence-electron chi connectivity index (χ3n) is 4.25. The van der Waals surface area contributed by atoms with Crippen molar-refractivity contribution in [3.8, 4) is 0 Å². The number of nitrogens with two attached hydrogens (primary N) is 1. The first-order chi connectivity index (χ1) is 10.1. The molecule has 5 heteroatoms. The molecule has 0 aromatic heterocycles. The van der Waals surface area contributed by atoms with Gasteiger partial charge in [-0.3, -0.25) is 0 Å². The standard InChI is InChI=1S/C16H25ClN2O2/c1-4-11(18)8-12-13(17)6-5-7-14(12)19-9-15(20-2)16(10-19)21-3/h5-7,11,15-16H,4,8-10,18H2,1-3H3. The average molecular weight is 313 g/mol. The quantitative estimate of drug-likeness (QED) is 0.876. The van der Waals surface area contributed by atoms with Gasteiger partial charge in [-0.1, -0.05) is 24.6 Å². The molecule has 1 aromatic rings. The summed E-state index contributed by atoms with van der Waals surface area (Å²) in [7, 11) is 3.46. The second-order valence-corrected chi connectivity index (χ2v) is 5.97. The van der Waals surface area contributed by atoms with Gasteiger partial charge in [-0.25, -0.2) is 0 Å². The van der Waals surface area contributed by atoms with E-state index < -0.39 is 0 Å². The van der Waals surface area contributed by atoms with Crippen molar-refractivity contribution < 1.29 is 9.47 Å². The molecule has 0 amide bonds. The smallest absolute Gasteiger partial charge is 0.102 e. The maximum atomic E-state index is 6.40. The Morgan fingerprint density at radius 2 is 1.90 bits per heavy atom. The van der Waals surface area contributed by atoms with Gasteiger partial charge in [-0.2, -0.15) is 0 Å². The van der Waals surface area contributed by atoms with Crippen LogP contribution in [-0.2, 0) is 15.9 Å². The highest BCUT2D eigenvalue weighted by atomic mass is 35.5. The van der Waals surface area contributed by atoms with Gasteiger partial charge < -0.3 is 20.1 Å². The lowest BCUT2D eigenvalue weighted by Crippen LogP contribution is -2.27. The zero-order valence-corrected chi connectivity index (χ0v) is 13.8. The summed E-state index contributed by atoms with van der Waals surface area (Å²) in [5.74, 6) is 0. The van der Waals surface area contributed by atoms with E-state index in [-0.39, 0.29) is 18.2 Å². The Hall–Kier alpha value is -0.810. The van der Waals surface area contributed by atoms with Gasteiger partial charge in [0, 0.05) is 44.1 Å². The molecule has 1 aliphatic heterocycles. The van der Waals surface area contributed by atoms with E-state index in [0.29, 0.717) is 0 Å². The van der Waals surface area contributed by atoms with Crippen LogP contribution in [0.1, 0.15) is 18.9 Å². The van der Waals surface area contributed by atoms with Crippen LogP contribution < -0.4 is 10.6 Å². The minimum Gasteiger partial charge on any atom is -0.377 e. The molecule has 1 aliphatic rings. The molecule has 0 bridgehead atoms. The Balaban J connectivity index is 2.25. The van der Waals surface area contributed by atoms with E-state index in [9.17, 15) is 0 Å². The van der Waals surface area contributed by atoms with Gasteiger partial charge in [0.15, 0.2) is 0 Å². The fraction of sp³-hybridized carbons (Fsp3) is 0.625.